The highest BCUT2D eigenvalue weighted by atomic mass is 32.1. The molecule has 0 aliphatic rings. The zero-order valence-electron chi connectivity index (χ0n) is 28.5. The van der Waals surface area contributed by atoms with Crippen LogP contribution in [0.15, 0.2) is 103 Å². The van der Waals surface area contributed by atoms with Crippen molar-refractivity contribution in [2.45, 2.75) is 107 Å². The molecule has 1 unspecified atom stereocenters. The van der Waals surface area contributed by atoms with E-state index in [1.54, 1.807) is 19.3 Å². The molecule has 2 aromatic rings. The number of nitrogens with two attached hydrogens (primary N) is 1. The summed E-state index contributed by atoms with van der Waals surface area (Å²) in [6.07, 6.45) is 10.5. The number of ether oxygens (including phenoxy) is 2. The number of thiol groups is 1. The minimum atomic E-state index is 0.0981. The van der Waals surface area contributed by atoms with Crippen molar-refractivity contribution in [3.05, 3.63) is 103 Å². The third-order valence-electron chi connectivity index (χ3n) is 3.53. The minimum absolute atomic E-state index is 0.0981. The maximum absolute atomic E-state index is 5.66. The van der Waals surface area contributed by atoms with Crippen LogP contribution in [0.1, 0.15) is 108 Å². The van der Waals surface area contributed by atoms with E-state index in [9.17, 15) is 0 Å². The molecule has 2 rings (SSSR count). The normalized spacial score (nSPS) is 9.25. The lowest BCUT2D eigenvalue weighted by molar-refractivity contribution is 0.414. The number of allylic oxidation sites excluding steroid dienone is 5. The summed E-state index contributed by atoms with van der Waals surface area (Å²) < 4.78 is 10.5. The second kappa shape index (κ2) is 46.2. The zero-order valence-corrected chi connectivity index (χ0v) is 29.4. The van der Waals surface area contributed by atoms with Crippen LogP contribution in [0.2, 0.25) is 0 Å². The highest BCUT2D eigenvalue weighted by Gasteiger charge is 1.97. The fourth-order valence-electron chi connectivity index (χ4n) is 1.78. The molecule has 0 heterocycles. The van der Waals surface area contributed by atoms with E-state index in [2.05, 4.69) is 39.6 Å². The van der Waals surface area contributed by atoms with Crippen LogP contribution in [0.5, 0.6) is 11.5 Å². The summed E-state index contributed by atoms with van der Waals surface area (Å²) in [5.74, 6) is 2.42. The molecule has 0 radical (unpaired) electrons. The second-order valence-corrected chi connectivity index (χ2v) is 7.35. The van der Waals surface area contributed by atoms with Gasteiger partial charge in [-0.25, -0.2) is 0 Å². The Morgan fingerprint density at radius 1 is 0.800 bits per heavy atom. The minimum Gasteiger partial charge on any atom is -0.497 e. The van der Waals surface area contributed by atoms with Crippen molar-refractivity contribution in [3.63, 3.8) is 0 Å². The first-order chi connectivity index (χ1) is 19.2. The van der Waals surface area contributed by atoms with Gasteiger partial charge in [-0.05, 0) is 88.7 Å². The topological polar surface area (TPSA) is 44.5 Å². The molecular weight excluding hydrogens is 510 g/mol. The van der Waals surface area contributed by atoms with Gasteiger partial charge in [0, 0.05) is 10.9 Å². The predicted octanol–water partition coefficient (Wildman–Crippen LogP) is 12.4. The van der Waals surface area contributed by atoms with Gasteiger partial charge in [0.25, 0.3) is 0 Å². The molecule has 0 spiro atoms. The summed E-state index contributed by atoms with van der Waals surface area (Å²) in [5.41, 5.74) is 6.79. The molecule has 0 saturated heterocycles. The average molecular weight is 576 g/mol. The Morgan fingerprint density at radius 3 is 1.40 bits per heavy atom. The lowest BCUT2D eigenvalue weighted by atomic mass is 10.1. The van der Waals surface area contributed by atoms with E-state index < -0.39 is 0 Å². The van der Waals surface area contributed by atoms with Gasteiger partial charge in [0.2, 0.25) is 0 Å². The van der Waals surface area contributed by atoms with Gasteiger partial charge in [0.05, 0.1) is 7.11 Å². The van der Waals surface area contributed by atoms with Crippen LogP contribution in [-0.4, -0.2) is 7.11 Å². The van der Waals surface area contributed by atoms with E-state index in [0.29, 0.717) is 0 Å². The summed E-state index contributed by atoms with van der Waals surface area (Å²) >= 11 is 4.18. The molecule has 0 aliphatic heterocycles. The third-order valence-corrected chi connectivity index (χ3v) is 3.83. The highest BCUT2D eigenvalue weighted by Crippen LogP contribution is 2.17. The largest absolute Gasteiger partial charge is 0.497 e. The van der Waals surface area contributed by atoms with Crippen molar-refractivity contribution in [1.29, 1.82) is 0 Å². The Balaban J connectivity index is -0.0000000962. The Hall–Kier alpha value is -2.69. The lowest BCUT2D eigenvalue weighted by Crippen LogP contribution is -2.04. The summed E-state index contributed by atoms with van der Waals surface area (Å²) in [5, 5.41) is 0. The van der Waals surface area contributed by atoms with Crippen LogP contribution >= 0.6 is 12.6 Å². The van der Waals surface area contributed by atoms with E-state index in [1.165, 1.54) is 6.42 Å². The summed E-state index contributed by atoms with van der Waals surface area (Å²) in [6.45, 7) is 33.0. The molecule has 232 valence electrons. The zero-order chi connectivity index (χ0) is 32.8. The van der Waals surface area contributed by atoms with Gasteiger partial charge in [-0.3, -0.25) is 0 Å². The molecule has 0 aromatic heterocycles. The standard InChI is InChI=1S/C11H12OS.C9H13NO.C4H8.C3H8.C3H6.3C2H6/c1-3-9(4-2)12-10-5-7-11(13)8-6-10;1-7(10)8-3-5-9(11-2)6-4-8;1-3-4-2;2*1-3-2;3*1-2/h3-8,13H,1H2,2H3;3-7H,10H2,1-2H3;3-4H,1-2H3;3H2,1-2H3;3H,1H2,2H3;3*1-2H3/b9-4+;;4-3-;;;;;. The molecule has 40 heavy (non-hydrogen) atoms. The highest BCUT2D eigenvalue weighted by molar-refractivity contribution is 7.80. The summed E-state index contributed by atoms with van der Waals surface area (Å²) in [6, 6.07) is 15.4. The van der Waals surface area contributed by atoms with Gasteiger partial charge in [0.1, 0.15) is 17.3 Å². The van der Waals surface area contributed by atoms with Crippen molar-refractivity contribution in [2.24, 2.45) is 5.73 Å². The third kappa shape index (κ3) is 39.8. The summed E-state index contributed by atoms with van der Waals surface area (Å²) in [7, 11) is 1.65. The predicted molar refractivity (Wildman–Crippen MR) is 190 cm³/mol. The van der Waals surface area contributed by atoms with E-state index >= 15 is 0 Å². The van der Waals surface area contributed by atoms with Gasteiger partial charge >= 0.3 is 0 Å². The van der Waals surface area contributed by atoms with Crippen molar-refractivity contribution >= 4 is 12.6 Å². The number of benzene rings is 2. The summed E-state index contributed by atoms with van der Waals surface area (Å²) in [4.78, 5) is 0.924. The number of hydrogen-bond acceptors (Lipinski definition) is 4. The van der Waals surface area contributed by atoms with Crippen molar-refractivity contribution in [3.8, 4) is 11.5 Å². The van der Waals surface area contributed by atoms with Gasteiger partial charge in [-0.1, -0.05) is 98.8 Å². The van der Waals surface area contributed by atoms with Crippen molar-refractivity contribution < 1.29 is 9.47 Å². The Kier molecular flexibility index (Phi) is 57.9. The van der Waals surface area contributed by atoms with Crippen LogP contribution in [0, 0.1) is 0 Å². The first-order valence-electron chi connectivity index (χ1n) is 14.5. The SMILES string of the molecule is C/C=C\C.C=C/C(=C\C)Oc1ccc(S)cc1.C=CC.CC.CC.CC.CCC.COc1ccc(C(C)N)cc1. The first kappa shape index (κ1) is 50.2. The Bertz CT molecular complexity index is 773. The van der Waals surface area contributed by atoms with E-state index in [1.807, 2.05) is 143 Å². The lowest BCUT2D eigenvalue weighted by Gasteiger charge is -2.05. The first-order valence-corrected chi connectivity index (χ1v) is 15.0. The van der Waals surface area contributed by atoms with Crippen LogP contribution in [-0.2, 0) is 0 Å². The Labute approximate surface area is 256 Å². The van der Waals surface area contributed by atoms with Gasteiger partial charge in [0.15, 0.2) is 0 Å². The van der Waals surface area contributed by atoms with E-state index in [4.69, 9.17) is 15.2 Å². The fraction of sp³-hybridized carbons (Fsp3) is 0.444. The van der Waals surface area contributed by atoms with Crippen LogP contribution < -0.4 is 15.2 Å². The molecule has 0 aliphatic carbocycles. The maximum atomic E-state index is 5.66. The molecule has 0 bridgehead atoms. The monoisotopic (exact) mass is 575 g/mol. The smallest absolute Gasteiger partial charge is 0.127 e. The molecule has 2 N–H and O–H groups in total. The number of methoxy groups -OCH3 is 1. The molecule has 0 saturated carbocycles. The molecule has 0 fully saturated rings. The van der Waals surface area contributed by atoms with Crippen LogP contribution in [0.3, 0.4) is 0 Å². The second-order valence-electron chi connectivity index (χ2n) is 6.83. The van der Waals surface area contributed by atoms with Crippen LogP contribution in [0.4, 0.5) is 0 Å². The van der Waals surface area contributed by atoms with Gasteiger partial charge in [-0.2, -0.15) is 0 Å². The van der Waals surface area contributed by atoms with E-state index in [-0.39, 0.29) is 6.04 Å². The van der Waals surface area contributed by atoms with Crippen molar-refractivity contribution in [2.75, 3.05) is 7.11 Å². The van der Waals surface area contributed by atoms with Gasteiger partial charge < -0.3 is 15.2 Å². The number of hydrogen-bond donors (Lipinski definition) is 2. The Morgan fingerprint density at radius 2 is 1.15 bits per heavy atom. The molecule has 4 heteroatoms. The molecule has 0 amide bonds. The van der Waals surface area contributed by atoms with Gasteiger partial charge in [-0.15, -0.1) is 19.2 Å². The number of rotatable bonds is 5. The molecular formula is C36H65NO2S. The van der Waals surface area contributed by atoms with Crippen LogP contribution in [0.25, 0.3) is 0 Å². The molecule has 2 aromatic carbocycles. The van der Waals surface area contributed by atoms with E-state index in [0.717, 1.165) is 27.7 Å². The molecule has 3 nitrogen and oxygen atoms in total. The fourth-order valence-corrected chi connectivity index (χ4v) is 1.93. The average Bonchev–Trinajstić information content (AvgIpc) is 3.01. The maximum Gasteiger partial charge on any atom is 0.127 e. The molecule has 1 atom stereocenters. The quantitative estimate of drug-likeness (QED) is 0.161. The van der Waals surface area contributed by atoms with Crippen molar-refractivity contribution in [1.82, 2.24) is 0 Å².